The van der Waals surface area contributed by atoms with Crippen LogP contribution in [0.5, 0.6) is 0 Å². The number of nitrogens with one attached hydrogen (secondary N) is 2. The largest absolute Gasteiger partial charge is 0.379 e. The molecule has 5 heteroatoms. The third-order valence-electron chi connectivity index (χ3n) is 2.66. The lowest BCUT2D eigenvalue weighted by atomic mass is 10.1. The molecule has 1 amide bonds. The number of aromatic nitrogens is 2. The van der Waals surface area contributed by atoms with Crippen molar-refractivity contribution >= 4 is 11.6 Å². The summed E-state index contributed by atoms with van der Waals surface area (Å²) in [6.07, 6.45) is 3.22. The highest BCUT2D eigenvalue weighted by Gasteiger charge is 2.07. The van der Waals surface area contributed by atoms with E-state index in [2.05, 4.69) is 20.6 Å². The number of rotatable bonds is 5. The Bertz CT molecular complexity index is 569. The molecule has 2 rings (SSSR count). The van der Waals surface area contributed by atoms with Crippen molar-refractivity contribution in [2.75, 3.05) is 5.32 Å². The van der Waals surface area contributed by atoms with Gasteiger partial charge in [0.05, 0.1) is 12.2 Å². The van der Waals surface area contributed by atoms with Gasteiger partial charge >= 0.3 is 0 Å². The van der Waals surface area contributed by atoms with Crippen molar-refractivity contribution in [1.29, 1.82) is 0 Å². The van der Waals surface area contributed by atoms with Crippen LogP contribution in [0.15, 0.2) is 42.9 Å². The Balaban J connectivity index is 2.01. The molecule has 0 bridgehead atoms. The average molecular weight is 270 g/mol. The summed E-state index contributed by atoms with van der Waals surface area (Å²) in [5.74, 6) is -0.0642. The van der Waals surface area contributed by atoms with Crippen LogP contribution < -0.4 is 10.6 Å². The minimum absolute atomic E-state index is 0.0642. The van der Waals surface area contributed by atoms with Gasteiger partial charge in [-0.2, -0.15) is 0 Å². The van der Waals surface area contributed by atoms with Gasteiger partial charge in [-0.1, -0.05) is 6.07 Å². The molecule has 0 saturated carbocycles. The fourth-order valence-corrected chi connectivity index (χ4v) is 1.73. The van der Waals surface area contributed by atoms with Crippen LogP contribution in [0.3, 0.4) is 0 Å². The van der Waals surface area contributed by atoms with Crippen LogP contribution in [0.2, 0.25) is 0 Å². The first-order chi connectivity index (χ1) is 9.65. The van der Waals surface area contributed by atoms with E-state index in [1.165, 1.54) is 6.33 Å². The van der Waals surface area contributed by atoms with E-state index in [0.717, 1.165) is 11.4 Å². The molecule has 0 spiro atoms. The van der Waals surface area contributed by atoms with Gasteiger partial charge in [0, 0.05) is 23.5 Å². The van der Waals surface area contributed by atoms with Crippen LogP contribution in [0.4, 0.5) is 5.69 Å². The summed E-state index contributed by atoms with van der Waals surface area (Å²) < 4.78 is 0. The molecular formula is C15H18N4O. The van der Waals surface area contributed by atoms with Crippen LogP contribution in [0, 0.1) is 0 Å². The third-order valence-corrected chi connectivity index (χ3v) is 2.66. The van der Waals surface area contributed by atoms with Crippen LogP contribution in [0.1, 0.15) is 29.9 Å². The summed E-state index contributed by atoms with van der Waals surface area (Å²) in [7, 11) is 0. The molecule has 5 nitrogen and oxygen atoms in total. The van der Waals surface area contributed by atoms with Gasteiger partial charge in [-0.3, -0.25) is 4.79 Å². The van der Waals surface area contributed by atoms with Gasteiger partial charge in [-0.05, 0) is 38.1 Å². The molecule has 0 radical (unpaired) electrons. The lowest BCUT2D eigenvalue weighted by Gasteiger charge is -2.10. The molecule has 1 heterocycles. The first-order valence-electron chi connectivity index (χ1n) is 6.55. The summed E-state index contributed by atoms with van der Waals surface area (Å²) in [6, 6.07) is 9.39. The smallest absolute Gasteiger partial charge is 0.251 e. The van der Waals surface area contributed by atoms with Crippen LogP contribution in [-0.2, 0) is 6.54 Å². The van der Waals surface area contributed by atoms with E-state index in [1.54, 1.807) is 12.3 Å². The summed E-state index contributed by atoms with van der Waals surface area (Å²) in [4.78, 5) is 19.9. The van der Waals surface area contributed by atoms with E-state index < -0.39 is 0 Å². The summed E-state index contributed by atoms with van der Waals surface area (Å²) in [5.41, 5.74) is 2.43. The van der Waals surface area contributed by atoms with Crippen molar-refractivity contribution in [3.63, 3.8) is 0 Å². The number of nitrogens with zero attached hydrogens (tertiary/aromatic N) is 2. The van der Waals surface area contributed by atoms with E-state index in [1.807, 2.05) is 38.1 Å². The molecule has 0 fully saturated rings. The van der Waals surface area contributed by atoms with Crippen molar-refractivity contribution in [3.8, 4) is 0 Å². The third kappa shape index (κ3) is 4.05. The molecule has 0 saturated heterocycles. The normalized spacial score (nSPS) is 10.3. The molecule has 0 aliphatic heterocycles. The Labute approximate surface area is 118 Å². The van der Waals surface area contributed by atoms with Crippen molar-refractivity contribution in [1.82, 2.24) is 15.3 Å². The molecule has 0 aliphatic carbocycles. The fourth-order valence-electron chi connectivity index (χ4n) is 1.73. The second-order valence-corrected chi connectivity index (χ2v) is 4.76. The highest BCUT2D eigenvalue weighted by Crippen LogP contribution is 2.11. The van der Waals surface area contributed by atoms with Gasteiger partial charge in [-0.25, -0.2) is 9.97 Å². The van der Waals surface area contributed by atoms with Gasteiger partial charge in [0.2, 0.25) is 0 Å². The zero-order chi connectivity index (χ0) is 14.4. The molecule has 2 N–H and O–H groups in total. The summed E-state index contributed by atoms with van der Waals surface area (Å²) in [5, 5.41) is 6.11. The second-order valence-electron chi connectivity index (χ2n) is 4.76. The highest BCUT2D eigenvalue weighted by molar-refractivity contribution is 5.95. The predicted molar refractivity (Wildman–Crippen MR) is 78.4 cm³/mol. The zero-order valence-electron chi connectivity index (χ0n) is 11.6. The number of amides is 1. The van der Waals surface area contributed by atoms with E-state index in [-0.39, 0.29) is 11.9 Å². The average Bonchev–Trinajstić information content (AvgIpc) is 2.46. The van der Waals surface area contributed by atoms with Crippen LogP contribution in [-0.4, -0.2) is 21.9 Å². The van der Waals surface area contributed by atoms with Gasteiger partial charge in [0.1, 0.15) is 6.33 Å². The maximum atomic E-state index is 11.9. The minimum Gasteiger partial charge on any atom is -0.379 e. The van der Waals surface area contributed by atoms with Gasteiger partial charge in [0.25, 0.3) is 5.91 Å². The number of benzene rings is 1. The quantitative estimate of drug-likeness (QED) is 0.874. The molecule has 0 atom stereocenters. The summed E-state index contributed by atoms with van der Waals surface area (Å²) in [6.45, 7) is 4.47. The molecule has 104 valence electrons. The van der Waals surface area contributed by atoms with Crippen molar-refractivity contribution in [3.05, 3.63) is 54.1 Å². The maximum absolute atomic E-state index is 11.9. The molecule has 20 heavy (non-hydrogen) atoms. The molecular weight excluding hydrogens is 252 g/mol. The van der Waals surface area contributed by atoms with Gasteiger partial charge in [0.15, 0.2) is 0 Å². The van der Waals surface area contributed by atoms with Crippen molar-refractivity contribution in [2.24, 2.45) is 0 Å². The van der Waals surface area contributed by atoms with E-state index in [9.17, 15) is 4.79 Å². The van der Waals surface area contributed by atoms with E-state index >= 15 is 0 Å². The molecule has 0 aliphatic rings. The van der Waals surface area contributed by atoms with Crippen molar-refractivity contribution in [2.45, 2.75) is 26.4 Å². The highest BCUT2D eigenvalue weighted by atomic mass is 16.1. The number of carbonyl (C=O) groups excluding carboxylic acids is 1. The molecule has 0 unspecified atom stereocenters. The number of hydrogen-bond donors (Lipinski definition) is 2. The Hall–Kier alpha value is -2.43. The monoisotopic (exact) mass is 270 g/mol. The van der Waals surface area contributed by atoms with Gasteiger partial charge in [-0.15, -0.1) is 0 Å². The first-order valence-corrected chi connectivity index (χ1v) is 6.55. The number of hydrogen-bond acceptors (Lipinski definition) is 4. The fraction of sp³-hybridized carbons (Fsp3) is 0.267. The molecule has 1 aromatic carbocycles. The Morgan fingerprint density at radius 3 is 2.85 bits per heavy atom. The number of anilines is 1. The lowest BCUT2D eigenvalue weighted by Crippen LogP contribution is -2.30. The zero-order valence-corrected chi connectivity index (χ0v) is 11.6. The van der Waals surface area contributed by atoms with Gasteiger partial charge < -0.3 is 10.6 Å². The Kier molecular flexibility index (Phi) is 4.65. The first kappa shape index (κ1) is 14.0. The Morgan fingerprint density at radius 1 is 1.30 bits per heavy atom. The lowest BCUT2D eigenvalue weighted by molar-refractivity contribution is 0.0943. The second kappa shape index (κ2) is 6.65. The topological polar surface area (TPSA) is 66.9 Å². The van der Waals surface area contributed by atoms with Crippen molar-refractivity contribution < 1.29 is 4.79 Å². The van der Waals surface area contributed by atoms with E-state index in [0.29, 0.717) is 12.1 Å². The van der Waals surface area contributed by atoms with E-state index in [4.69, 9.17) is 0 Å². The summed E-state index contributed by atoms with van der Waals surface area (Å²) >= 11 is 0. The molecule has 2 aromatic rings. The standard InChI is InChI=1S/C15H18N4O/c1-11(2)19-15(20)12-4-3-5-13(8-12)17-9-14-6-7-16-10-18-14/h3-8,10-11,17H,9H2,1-2H3,(H,19,20). The predicted octanol–water partition coefficient (Wildman–Crippen LogP) is 2.23. The maximum Gasteiger partial charge on any atom is 0.251 e. The minimum atomic E-state index is -0.0642. The molecule has 1 aromatic heterocycles. The number of carbonyl (C=O) groups is 1. The Morgan fingerprint density at radius 2 is 2.15 bits per heavy atom. The van der Waals surface area contributed by atoms with Crippen LogP contribution in [0.25, 0.3) is 0 Å². The van der Waals surface area contributed by atoms with Crippen LogP contribution >= 0.6 is 0 Å². The SMILES string of the molecule is CC(C)NC(=O)c1cccc(NCc2ccncn2)c1.